The second kappa shape index (κ2) is 5.22. The lowest BCUT2D eigenvalue weighted by atomic mass is 9.91. The first-order valence-corrected chi connectivity index (χ1v) is 6.44. The molecule has 0 aliphatic heterocycles. The lowest BCUT2D eigenvalue weighted by Crippen LogP contribution is -1.96. The summed E-state index contributed by atoms with van der Waals surface area (Å²) in [4.78, 5) is 0. The number of aryl methyl sites for hydroxylation is 1. The van der Waals surface area contributed by atoms with Gasteiger partial charge in [0, 0.05) is 5.56 Å². The van der Waals surface area contributed by atoms with Gasteiger partial charge >= 0.3 is 0 Å². The predicted molar refractivity (Wildman–Crippen MR) is 75.6 cm³/mol. The number of phenols is 3. The van der Waals surface area contributed by atoms with Crippen molar-refractivity contribution >= 4 is 0 Å². The topological polar surface area (TPSA) is 60.7 Å². The molecule has 0 unspecified atom stereocenters. The monoisotopic (exact) mass is 258 g/mol. The van der Waals surface area contributed by atoms with Crippen molar-refractivity contribution in [3.8, 4) is 28.4 Å². The van der Waals surface area contributed by atoms with E-state index in [1.54, 1.807) is 30.3 Å². The summed E-state index contributed by atoms with van der Waals surface area (Å²) in [7, 11) is 0. The summed E-state index contributed by atoms with van der Waals surface area (Å²) in [6.45, 7) is 4.04. The zero-order valence-corrected chi connectivity index (χ0v) is 11.1. The van der Waals surface area contributed by atoms with Gasteiger partial charge in [0.05, 0.1) is 0 Å². The maximum absolute atomic E-state index is 10.1. The zero-order chi connectivity index (χ0) is 14.0. The van der Waals surface area contributed by atoms with E-state index in [2.05, 4.69) is 0 Å². The molecule has 3 heteroatoms. The Morgan fingerprint density at radius 3 is 2.05 bits per heavy atom. The molecule has 100 valence electrons. The SMILES string of the molecule is CCc1cc(O)c(O)c(-c2ccc(O)cc2)c1CC. The molecule has 0 spiro atoms. The van der Waals surface area contributed by atoms with E-state index in [0.29, 0.717) is 5.56 Å². The normalized spacial score (nSPS) is 10.6. The lowest BCUT2D eigenvalue weighted by molar-refractivity contribution is 0.404. The van der Waals surface area contributed by atoms with E-state index < -0.39 is 0 Å². The van der Waals surface area contributed by atoms with Gasteiger partial charge in [0.2, 0.25) is 0 Å². The van der Waals surface area contributed by atoms with E-state index in [-0.39, 0.29) is 17.2 Å². The van der Waals surface area contributed by atoms with Gasteiger partial charge in [-0.25, -0.2) is 0 Å². The summed E-state index contributed by atoms with van der Waals surface area (Å²) in [6, 6.07) is 8.25. The maximum Gasteiger partial charge on any atom is 0.165 e. The number of hydrogen-bond acceptors (Lipinski definition) is 3. The van der Waals surface area contributed by atoms with Crippen LogP contribution < -0.4 is 0 Å². The van der Waals surface area contributed by atoms with Crippen LogP contribution in [0.4, 0.5) is 0 Å². The molecule has 2 aromatic rings. The summed E-state index contributed by atoms with van der Waals surface area (Å²) in [6.07, 6.45) is 1.56. The van der Waals surface area contributed by atoms with Crippen molar-refractivity contribution in [3.05, 3.63) is 41.5 Å². The molecule has 0 bridgehead atoms. The van der Waals surface area contributed by atoms with Crippen molar-refractivity contribution in [3.63, 3.8) is 0 Å². The summed E-state index contributed by atoms with van der Waals surface area (Å²) >= 11 is 0. The fourth-order valence-corrected chi connectivity index (χ4v) is 2.41. The standard InChI is InChI=1S/C16H18O3/c1-3-10-9-14(18)16(19)15(13(10)4-2)11-5-7-12(17)8-6-11/h5-9,17-19H,3-4H2,1-2H3. The second-order valence-corrected chi connectivity index (χ2v) is 4.51. The van der Waals surface area contributed by atoms with Crippen LogP contribution in [0.2, 0.25) is 0 Å². The highest BCUT2D eigenvalue weighted by molar-refractivity contribution is 5.78. The number of benzene rings is 2. The van der Waals surface area contributed by atoms with E-state index in [1.165, 1.54) is 0 Å². The fraction of sp³-hybridized carbons (Fsp3) is 0.250. The number of rotatable bonds is 3. The molecule has 2 rings (SSSR count). The van der Waals surface area contributed by atoms with E-state index in [0.717, 1.165) is 29.5 Å². The average molecular weight is 258 g/mol. The third-order valence-corrected chi connectivity index (χ3v) is 3.37. The highest BCUT2D eigenvalue weighted by Crippen LogP contribution is 2.41. The average Bonchev–Trinajstić information content (AvgIpc) is 2.42. The zero-order valence-electron chi connectivity index (χ0n) is 11.1. The van der Waals surface area contributed by atoms with Gasteiger partial charge in [-0.05, 0) is 47.7 Å². The van der Waals surface area contributed by atoms with Crippen LogP contribution in [0.3, 0.4) is 0 Å². The van der Waals surface area contributed by atoms with Gasteiger partial charge in [-0.1, -0.05) is 26.0 Å². The fourth-order valence-electron chi connectivity index (χ4n) is 2.41. The number of aromatic hydroxyl groups is 3. The van der Waals surface area contributed by atoms with Crippen molar-refractivity contribution in [1.82, 2.24) is 0 Å². The molecule has 0 fully saturated rings. The maximum atomic E-state index is 10.1. The van der Waals surface area contributed by atoms with Crippen LogP contribution in [0.5, 0.6) is 17.2 Å². The number of phenolic OH excluding ortho intramolecular Hbond substituents is 3. The van der Waals surface area contributed by atoms with Gasteiger partial charge in [-0.15, -0.1) is 0 Å². The molecule has 2 aromatic carbocycles. The molecule has 0 heterocycles. The van der Waals surface area contributed by atoms with Crippen LogP contribution in [0.15, 0.2) is 30.3 Å². The third kappa shape index (κ3) is 2.36. The van der Waals surface area contributed by atoms with E-state index in [9.17, 15) is 15.3 Å². The van der Waals surface area contributed by atoms with Crippen molar-refractivity contribution in [1.29, 1.82) is 0 Å². The molecule has 0 aliphatic carbocycles. The van der Waals surface area contributed by atoms with Crippen LogP contribution in [0.1, 0.15) is 25.0 Å². The molecule has 0 saturated heterocycles. The van der Waals surface area contributed by atoms with Crippen molar-refractivity contribution in [2.24, 2.45) is 0 Å². The molecule has 0 amide bonds. The van der Waals surface area contributed by atoms with Crippen molar-refractivity contribution < 1.29 is 15.3 Å². The summed E-state index contributed by atoms with van der Waals surface area (Å²) in [5.74, 6) is -0.0194. The molecule has 0 atom stereocenters. The van der Waals surface area contributed by atoms with Gasteiger partial charge in [0.25, 0.3) is 0 Å². The predicted octanol–water partition coefficient (Wildman–Crippen LogP) is 3.60. The van der Waals surface area contributed by atoms with Gasteiger partial charge in [-0.3, -0.25) is 0 Å². The molecule has 3 N–H and O–H groups in total. The molecule has 0 aliphatic rings. The van der Waals surface area contributed by atoms with E-state index in [4.69, 9.17) is 0 Å². The largest absolute Gasteiger partial charge is 0.508 e. The molecule has 3 nitrogen and oxygen atoms in total. The molecule has 19 heavy (non-hydrogen) atoms. The second-order valence-electron chi connectivity index (χ2n) is 4.51. The Morgan fingerprint density at radius 2 is 1.53 bits per heavy atom. The smallest absolute Gasteiger partial charge is 0.165 e. The van der Waals surface area contributed by atoms with Crippen LogP contribution in [0, 0.1) is 0 Å². The van der Waals surface area contributed by atoms with Gasteiger partial charge in [0.15, 0.2) is 11.5 Å². The molecular formula is C16H18O3. The molecule has 0 radical (unpaired) electrons. The van der Waals surface area contributed by atoms with Gasteiger partial charge < -0.3 is 15.3 Å². The first-order valence-electron chi connectivity index (χ1n) is 6.44. The Morgan fingerprint density at radius 1 is 0.895 bits per heavy atom. The van der Waals surface area contributed by atoms with Crippen molar-refractivity contribution in [2.75, 3.05) is 0 Å². The Labute approximate surface area is 112 Å². The molecular weight excluding hydrogens is 240 g/mol. The van der Waals surface area contributed by atoms with Crippen LogP contribution in [-0.2, 0) is 12.8 Å². The van der Waals surface area contributed by atoms with Crippen LogP contribution in [-0.4, -0.2) is 15.3 Å². The highest BCUT2D eigenvalue weighted by atomic mass is 16.3. The third-order valence-electron chi connectivity index (χ3n) is 3.37. The first-order chi connectivity index (χ1) is 9.08. The van der Waals surface area contributed by atoms with Gasteiger partial charge in [-0.2, -0.15) is 0 Å². The minimum Gasteiger partial charge on any atom is -0.508 e. The van der Waals surface area contributed by atoms with Crippen LogP contribution in [0.25, 0.3) is 11.1 Å². The quantitative estimate of drug-likeness (QED) is 0.737. The lowest BCUT2D eigenvalue weighted by Gasteiger charge is -2.16. The van der Waals surface area contributed by atoms with Crippen molar-refractivity contribution in [2.45, 2.75) is 26.7 Å². The summed E-state index contributed by atoms with van der Waals surface area (Å²) in [5, 5.41) is 29.3. The van der Waals surface area contributed by atoms with E-state index in [1.807, 2.05) is 13.8 Å². The first kappa shape index (κ1) is 13.3. The Bertz CT molecular complexity index is 586. The minimum atomic E-state index is -0.0999. The van der Waals surface area contributed by atoms with E-state index >= 15 is 0 Å². The molecule has 0 aromatic heterocycles. The summed E-state index contributed by atoms with van der Waals surface area (Å²) in [5.41, 5.74) is 3.50. The number of hydrogen-bond donors (Lipinski definition) is 3. The van der Waals surface area contributed by atoms with Gasteiger partial charge in [0.1, 0.15) is 5.75 Å². The Hall–Kier alpha value is -2.16. The highest BCUT2D eigenvalue weighted by Gasteiger charge is 2.17. The summed E-state index contributed by atoms with van der Waals surface area (Å²) < 4.78 is 0. The Kier molecular flexibility index (Phi) is 3.65. The minimum absolute atomic E-state index is 0.0975. The molecule has 0 saturated carbocycles. The Balaban J connectivity index is 2.73. The van der Waals surface area contributed by atoms with Crippen LogP contribution >= 0.6 is 0 Å².